The molecule has 0 bridgehead atoms. The van der Waals surface area contributed by atoms with E-state index in [1.807, 2.05) is 28.8 Å². The zero-order chi connectivity index (χ0) is 18.3. The first-order valence-corrected chi connectivity index (χ1v) is 9.66. The molecule has 0 aliphatic carbocycles. The molecule has 0 N–H and O–H groups in total. The topological polar surface area (TPSA) is 67.6 Å². The number of benzene rings is 1. The van der Waals surface area contributed by atoms with E-state index in [0.29, 0.717) is 18.9 Å². The second-order valence-corrected chi connectivity index (χ2v) is 8.15. The van der Waals surface area contributed by atoms with E-state index in [1.54, 1.807) is 0 Å². The zero-order valence-electron chi connectivity index (χ0n) is 13.7. The van der Waals surface area contributed by atoms with Crippen LogP contribution in [0.2, 0.25) is 0 Å². The Morgan fingerprint density at radius 3 is 2.54 bits per heavy atom. The lowest BCUT2D eigenvalue weighted by Gasteiger charge is -2.30. The van der Waals surface area contributed by atoms with E-state index in [9.17, 15) is 17.2 Å². The Bertz CT molecular complexity index is 1060. The molecule has 4 rings (SSSR count). The Morgan fingerprint density at radius 1 is 1.04 bits per heavy atom. The standard InChI is InChI=1S/C17H16F2N4O2S/c18-13-4-5-15(14(19)11-13)26(24,25)22-9-6-12(7-10-22)17-21-20-16-3-1-2-8-23(16)17/h1-5,8,11-12H,6-7,9-10H2. The van der Waals surface area contributed by atoms with Gasteiger partial charge in [0.25, 0.3) is 0 Å². The second kappa shape index (κ2) is 6.40. The summed E-state index contributed by atoms with van der Waals surface area (Å²) in [6.45, 7) is 0.483. The lowest BCUT2D eigenvalue weighted by Crippen LogP contribution is -2.38. The maximum absolute atomic E-state index is 13.9. The Balaban J connectivity index is 1.54. The van der Waals surface area contributed by atoms with Crippen LogP contribution < -0.4 is 0 Å². The molecule has 1 saturated heterocycles. The van der Waals surface area contributed by atoms with Crippen molar-refractivity contribution in [3.63, 3.8) is 0 Å². The summed E-state index contributed by atoms with van der Waals surface area (Å²) in [7, 11) is -4.00. The molecule has 0 unspecified atom stereocenters. The fourth-order valence-electron chi connectivity index (χ4n) is 3.32. The van der Waals surface area contributed by atoms with Gasteiger partial charge in [0.05, 0.1) is 0 Å². The molecule has 1 fully saturated rings. The van der Waals surface area contributed by atoms with E-state index in [-0.39, 0.29) is 19.0 Å². The molecule has 9 heteroatoms. The van der Waals surface area contributed by atoms with Gasteiger partial charge in [-0.05, 0) is 37.1 Å². The highest BCUT2D eigenvalue weighted by Gasteiger charge is 2.33. The smallest absolute Gasteiger partial charge is 0.245 e. The van der Waals surface area contributed by atoms with Crippen LogP contribution in [0.3, 0.4) is 0 Å². The molecule has 2 aromatic heterocycles. The summed E-state index contributed by atoms with van der Waals surface area (Å²) in [5.74, 6) is -1.02. The molecular formula is C17H16F2N4O2S. The second-order valence-electron chi connectivity index (χ2n) is 6.24. The van der Waals surface area contributed by atoms with Crippen molar-refractivity contribution in [2.24, 2.45) is 0 Å². The number of halogens is 2. The summed E-state index contributed by atoms with van der Waals surface area (Å²) in [5, 5.41) is 8.36. The van der Waals surface area contributed by atoms with Crippen LogP contribution in [0.4, 0.5) is 8.78 Å². The fourth-order valence-corrected chi connectivity index (χ4v) is 4.83. The van der Waals surface area contributed by atoms with Gasteiger partial charge < -0.3 is 0 Å². The lowest BCUT2D eigenvalue weighted by atomic mass is 9.97. The summed E-state index contributed by atoms with van der Waals surface area (Å²) in [6.07, 6.45) is 2.98. The largest absolute Gasteiger partial charge is 0.286 e. The third-order valence-electron chi connectivity index (χ3n) is 4.67. The van der Waals surface area contributed by atoms with Gasteiger partial charge in [0.15, 0.2) is 5.65 Å². The molecule has 1 aliphatic heterocycles. The van der Waals surface area contributed by atoms with E-state index >= 15 is 0 Å². The minimum absolute atomic E-state index is 0.0666. The minimum Gasteiger partial charge on any atom is -0.286 e. The van der Waals surface area contributed by atoms with Gasteiger partial charge in [-0.2, -0.15) is 4.31 Å². The van der Waals surface area contributed by atoms with Crippen molar-refractivity contribution >= 4 is 15.7 Å². The Labute approximate surface area is 149 Å². The van der Waals surface area contributed by atoms with E-state index in [4.69, 9.17) is 0 Å². The van der Waals surface area contributed by atoms with Crippen molar-refractivity contribution in [2.75, 3.05) is 13.1 Å². The van der Waals surface area contributed by atoms with Crippen molar-refractivity contribution in [1.29, 1.82) is 0 Å². The van der Waals surface area contributed by atoms with Gasteiger partial charge in [0.1, 0.15) is 22.4 Å². The summed E-state index contributed by atoms with van der Waals surface area (Å²) in [5.41, 5.74) is 0.742. The van der Waals surface area contributed by atoms with Crippen molar-refractivity contribution in [3.05, 3.63) is 60.1 Å². The van der Waals surface area contributed by atoms with Crippen LogP contribution in [0.5, 0.6) is 0 Å². The van der Waals surface area contributed by atoms with Gasteiger partial charge in [-0.3, -0.25) is 4.40 Å². The molecule has 0 radical (unpaired) electrons. The Kier molecular flexibility index (Phi) is 4.20. The van der Waals surface area contributed by atoms with E-state index < -0.39 is 26.6 Å². The molecule has 0 amide bonds. The van der Waals surface area contributed by atoms with Gasteiger partial charge in [-0.25, -0.2) is 17.2 Å². The Morgan fingerprint density at radius 2 is 1.81 bits per heavy atom. The number of hydrogen-bond donors (Lipinski definition) is 0. The molecule has 1 aliphatic rings. The first-order valence-electron chi connectivity index (χ1n) is 8.21. The predicted octanol–water partition coefficient (Wildman–Crippen LogP) is 2.58. The van der Waals surface area contributed by atoms with E-state index in [0.717, 1.165) is 23.6 Å². The number of sulfonamides is 1. The average Bonchev–Trinajstić information content (AvgIpc) is 3.05. The van der Waals surface area contributed by atoms with Crippen LogP contribution in [-0.4, -0.2) is 40.4 Å². The van der Waals surface area contributed by atoms with Gasteiger partial charge in [-0.1, -0.05) is 6.07 Å². The monoisotopic (exact) mass is 378 g/mol. The highest BCUT2D eigenvalue weighted by atomic mass is 32.2. The summed E-state index contributed by atoms with van der Waals surface area (Å²) in [4.78, 5) is -0.495. The van der Waals surface area contributed by atoms with Crippen LogP contribution >= 0.6 is 0 Å². The summed E-state index contributed by atoms with van der Waals surface area (Å²) in [6, 6.07) is 8.12. The molecule has 26 heavy (non-hydrogen) atoms. The minimum atomic E-state index is -4.00. The molecule has 3 aromatic rings. The first-order chi connectivity index (χ1) is 12.5. The average molecular weight is 378 g/mol. The molecule has 1 aromatic carbocycles. The molecule has 0 saturated carbocycles. The number of aromatic nitrogens is 3. The SMILES string of the molecule is O=S(=O)(c1ccc(F)cc1F)N1CCC(c2nnc3ccccn23)CC1. The molecule has 3 heterocycles. The third kappa shape index (κ3) is 2.86. The van der Waals surface area contributed by atoms with Crippen molar-refractivity contribution in [1.82, 2.24) is 18.9 Å². The molecule has 6 nitrogen and oxygen atoms in total. The van der Waals surface area contributed by atoms with Crippen molar-refractivity contribution < 1.29 is 17.2 Å². The number of fused-ring (bicyclic) bond motifs is 1. The van der Waals surface area contributed by atoms with Gasteiger partial charge in [0.2, 0.25) is 10.0 Å². The number of hydrogen-bond acceptors (Lipinski definition) is 4. The normalized spacial score (nSPS) is 17.0. The van der Waals surface area contributed by atoms with Gasteiger partial charge >= 0.3 is 0 Å². The number of piperidine rings is 1. The van der Waals surface area contributed by atoms with Gasteiger partial charge in [0, 0.05) is 31.3 Å². The fraction of sp³-hybridized carbons (Fsp3) is 0.294. The zero-order valence-corrected chi connectivity index (χ0v) is 14.5. The summed E-state index contributed by atoms with van der Waals surface area (Å²) >= 11 is 0. The van der Waals surface area contributed by atoms with Gasteiger partial charge in [-0.15, -0.1) is 10.2 Å². The highest BCUT2D eigenvalue weighted by Crippen LogP contribution is 2.30. The van der Waals surface area contributed by atoms with Crippen LogP contribution in [-0.2, 0) is 10.0 Å². The molecular weight excluding hydrogens is 362 g/mol. The van der Waals surface area contributed by atoms with Crippen LogP contribution in [0.25, 0.3) is 5.65 Å². The quantitative estimate of drug-likeness (QED) is 0.703. The lowest BCUT2D eigenvalue weighted by molar-refractivity contribution is 0.311. The first kappa shape index (κ1) is 17.0. The summed E-state index contributed by atoms with van der Waals surface area (Å²) < 4.78 is 55.4. The van der Waals surface area contributed by atoms with Crippen molar-refractivity contribution in [3.8, 4) is 0 Å². The van der Waals surface area contributed by atoms with Crippen LogP contribution in [0.15, 0.2) is 47.5 Å². The van der Waals surface area contributed by atoms with E-state index in [2.05, 4.69) is 10.2 Å². The van der Waals surface area contributed by atoms with Crippen LogP contribution in [0, 0.1) is 11.6 Å². The van der Waals surface area contributed by atoms with E-state index in [1.165, 1.54) is 4.31 Å². The maximum atomic E-state index is 13.9. The predicted molar refractivity (Wildman–Crippen MR) is 90.1 cm³/mol. The molecule has 0 atom stereocenters. The maximum Gasteiger partial charge on any atom is 0.245 e. The number of nitrogens with zero attached hydrogens (tertiary/aromatic N) is 4. The van der Waals surface area contributed by atoms with Crippen molar-refractivity contribution in [2.45, 2.75) is 23.7 Å². The Hall–Kier alpha value is -2.39. The number of pyridine rings is 1. The third-order valence-corrected chi connectivity index (χ3v) is 6.60. The molecule has 136 valence electrons. The molecule has 0 spiro atoms. The highest BCUT2D eigenvalue weighted by molar-refractivity contribution is 7.89. The van der Waals surface area contributed by atoms with Crippen LogP contribution in [0.1, 0.15) is 24.6 Å². The number of rotatable bonds is 3.